The molecule has 1 N–H and O–H groups in total. The summed E-state index contributed by atoms with van der Waals surface area (Å²) in [6.07, 6.45) is 2.68. The summed E-state index contributed by atoms with van der Waals surface area (Å²) in [7, 11) is 0. The molecule has 0 aromatic carbocycles. The van der Waals surface area contributed by atoms with Crippen LogP contribution in [-0.4, -0.2) is 72.4 Å². The van der Waals surface area contributed by atoms with Crippen LogP contribution in [0.5, 0.6) is 0 Å². The highest BCUT2D eigenvalue weighted by Crippen LogP contribution is 2.42. The highest BCUT2D eigenvalue weighted by atomic mass is 16.6. The van der Waals surface area contributed by atoms with Crippen molar-refractivity contribution in [1.29, 1.82) is 0 Å². The number of nitrogens with zero attached hydrogens (tertiary/aromatic N) is 3. The summed E-state index contributed by atoms with van der Waals surface area (Å²) in [6.45, 7) is 9.01. The molecule has 28 heavy (non-hydrogen) atoms. The zero-order valence-electron chi connectivity index (χ0n) is 16.7. The van der Waals surface area contributed by atoms with Gasteiger partial charge in [0.05, 0.1) is 24.0 Å². The van der Waals surface area contributed by atoms with Crippen LogP contribution in [0.25, 0.3) is 0 Å². The summed E-state index contributed by atoms with van der Waals surface area (Å²) >= 11 is 0. The van der Waals surface area contributed by atoms with Gasteiger partial charge in [-0.1, -0.05) is 0 Å². The van der Waals surface area contributed by atoms with E-state index in [1.807, 2.05) is 26.8 Å². The highest BCUT2D eigenvalue weighted by Gasteiger charge is 2.55. The van der Waals surface area contributed by atoms with E-state index in [2.05, 4.69) is 15.2 Å². The molecule has 3 aliphatic rings. The fraction of sp³-hybridized carbons (Fsp3) is 0.650. The van der Waals surface area contributed by atoms with Crippen LogP contribution in [-0.2, 0) is 9.47 Å². The summed E-state index contributed by atoms with van der Waals surface area (Å²) < 4.78 is 11.0. The lowest BCUT2D eigenvalue weighted by Crippen LogP contribution is -2.50. The Labute approximate surface area is 165 Å². The van der Waals surface area contributed by atoms with Gasteiger partial charge in [0.2, 0.25) is 0 Å². The molecule has 0 spiro atoms. The van der Waals surface area contributed by atoms with Gasteiger partial charge in [0, 0.05) is 38.7 Å². The van der Waals surface area contributed by atoms with E-state index < -0.39 is 5.60 Å². The lowest BCUT2D eigenvalue weighted by molar-refractivity contribution is 0.0240. The van der Waals surface area contributed by atoms with Gasteiger partial charge in [-0.3, -0.25) is 4.79 Å². The fourth-order valence-electron chi connectivity index (χ4n) is 3.85. The number of pyridine rings is 1. The maximum Gasteiger partial charge on any atom is 0.410 e. The normalized spacial score (nSPS) is 26.6. The Hall–Kier alpha value is -2.35. The van der Waals surface area contributed by atoms with Crippen LogP contribution in [0.15, 0.2) is 18.3 Å². The molecule has 2 amide bonds. The Morgan fingerprint density at radius 3 is 2.54 bits per heavy atom. The second kappa shape index (κ2) is 7.24. The van der Waals surface area contributed by atoms with Gasteiger partial charge in [0.15, 0.2) is 0 Å². The van der Waals surface area contributed by atoms with Crippen molar-refractivity contribution in [3.63, 3.8) is 0 Å². The summed E-state index contributed by atoms with van der Waals surface area (Å²) in [5.74, 6) is 0.328. The fourth-order valence-corrected chi connectivity index (χ4v) is 3.85. The number of fused-ring (bicyclic) bond motifs is 1. The molecule has 1 aliphatic carbocycles. The molecule has 152 valence electrons. The molecule has 3 heterocycles. The average Bonchev–Trinajstić information content (AvgIpc) is 3.08. The number of nitrogens with one attached hydrogen (secondary N) is 1. The molecular weight excluding hydrogens is 360 g/mol. The Bertz CT molecular complexity index is 728. The molecule has 0 radical (unpaired) electrons. The van der Waals surface area contributed by atoms with E-state index in [4.69, 9.17) is 9.47 Å². The largest absolute Gasteiger partial charge is 0.444 e. The molecule has 0 bridgehead atoms. The van der Waals surface area contributed by atoms with Crippen molar-refractivity contribution in [2.75, 3.05) is 37.7 Å². The lowest BCUT2D eigenvalue weighted by Gasteiger charge is -2.36. The molecule has 1 saturated carbocycles. The van der Waals surface area contributed by atoms with Crippen molar-refractivity contribution in [3.8, 4) is 0 Å². The molecule has 2 aliphatic heterocycles. The predicted molar refractivity (Wildman–Crippen MR) is 103 cm³/mol. The molecule has 3 unspecified atom stereocenters. The minimum absolute atomic E-state index is 0.142. The smallest absolute Gasteiger partial charge is 0.410 e. The van der Waals surface area contributed by atoms with Crippen LogP contribution in [0.2, 0.25) is 0 Å². The lowest BCUT2D eigenvalue weighted by atomic mass is 10.2. The van der Waals surface area contributed by atoms with Gasteiger partial charge in [-0.2, -0.15) is 0 Å². The minimum Gasteiger partial charge on any atom is -0.444 e. The third-order valence-corrected chi connectivity index (χ3v) is 5.43. The summed E-state index contributed by atoms with van der Waals surface area (Å²) in [5, 5.41) is 3.01. The number of carbonyl (C=O) groups is 2. The summed E-state index contributed by atoms with van der Waals surface area (Å²) in [5.41, 5.74) is 0.882. The van der Waals surface area contributed by atoms with E-state index in [1.165, 1.54) is 0 Å². The Morgan fingerprint density at radius 2 is 1.96 bits per heavy atom. The van der Waals surface area contributed by atoms with Crippen LogP contribution in [0, 0.1) is 5.92 Å². The summed E-state index contributed by atoms with van der Waals surface area (Å²) in [6, 6.07) is 3.81. The quantitative estimate of drug-likeness (QED) is 0.848. The Balaban J connectivity index is 1.28. The number of hydrogen-bond acceptors (Lipinski definition) is 6. The van der Waals surface area contributed by atoms with Gasteiger partial charge in [-0.15, -0.1) is 0 Å². The van der Waals surface area contributed by atoms with Gasteiger partial charge in [0.1, 0.15) is 11.3 Å². The first-order valence-corrected chi connectivity index (χ1v) is 9.93. The second-order valence-electron chi connectivity index (χ2n) is 8.64. The molecule has 1 aromatic rings. The van der Waals surface area contributed by atoms with E-state index in [0.29, 0.717) is 37.8 Å². The average molecular weight is 388 g/mol. The summed E-state index contributed by atoms with van der Waals surface area (Å²) in [4.78, 5) is 32.7. The first kappa shape index (κ1) is 19.0. The zero-order chi connectivity index (χ0) is 19.9. The Kier molecular flexibility index (Phi) is 4.91. The van der Waals surface area contributed by atoms with Crippen molar-refractivity contribution in [2.45, 2.75) is 44.9 Å². The van der Waals surface area contributed by atoms with Gasteiger partial charge >= 0.3 is 6.09 Å². The van der Waals surface area contributed by atoms with Crippen molar-refractivity contribution in [2.24, 2.45) is 5.92 Å². The van der Waals surface area contributed by atoms with Gasteiger partial charge in [-0.25, -0.2) is 9.78 Å². The number of ether oxygens (including phenoxy) is 2. The highest BCUT2D eigenvalue weighted by molar-refractivity contribution is 5.93. The van der Waals surface area contributed by atoms with Crippen molar-refractivity contribution in [3.05, 3.63) is 24.0 Å². The topological polar surface area (TPSA) is 84.0 Å². The van der Waals surface area contributed by atoms with Crippen LogP contribution in [0.4, 0.5) is 10.5 Å². The minimum atomic E-state index is -0.486. The third kappa shape index (κ3) is 4.06. The number of aromatic nitrogens is 1. The SMILES string of the molecule is CC(C)(C)OC(=O)N1CCN(c2ccc(C(=O)NC3C4CCOC43)nc2)CC1. The number of amides is 2. The molecule has 3 fully saturated rings. The monoisotopic (exact) mass is 388 g/mol. The number of rotatable bonds is 3. The first-order chi connectivity index (χ1) is 13.3. The van der Waals surface area contributed by atoms with E-state index in [0.717, 1.165) is 18.7 Å². The second-order valence-corrected chi connectivity index (χ2v) is 8.64. The number of carbonyl (C=O) groups excluding carboxylic acids is 2. The molecule has 8 heteroatoms. The standard InChI is InChI=1S/C20H28N4O4/c1-20(2,3)28-19(26)24-9-7-23(8-10-24)13-4-5-15(21-12-13)18(25)22-16-14-6-11-27-17(14)16/h4-5,12,14,16-17H,6-11H2,1-3H3,(H,22,25). The first-order valence-electron chi connectivity index (χ1n) is 9.93. The molecule has 3 atom stereocenters. The molecule has 1 aromatic heterocycles. The maximum atomic E-state index is 12.3. The molecule has 2 saturated heterocycles. The Morgan fingerprint density at radius 1 is 1.21 bits per heavy atom. The van der Waals surface area contributed by atoms with Crippen LogP contribution >= 0.6 is 0 Å². The zero-order valence-corrected chi connectivity index (χ0v) is 16.7. The number of piperazine rings is 1. The van der Waals surface area contributed by atoms with E-state index >= 15 is 0 Å². The van der Waals surface area contributed by atoms with Crippen LogP contribution in [0.3, 0.4) is 0 Å². The van der Waals surface area contributed by atoms with Crippen LogP contribution < -0.4 is 10.2 Å². The van der Waals surface area contributed by atoms with E-state index in [9.17, 15) is 9.59 Å². The number of hydrogen-bond donors (Lipinski definition) is 1. The van der Waals surface area contributed by atoms with Crippen molar-refractivity contribution < 1.29 is 19.1 Å². The van der Waals surface area contributed by atoms with Gasteiger partial charge < -0.3 is 24.6 Å². The van der Waals surface area contributed by atoms with E-state index in [1.54, 1.807) is 17.2 Å². The van der Waals surface area contributed by atoms with Gasteiger partial charge in [0.25, 0.3) is 5.91 Å². The number of anilines is 1. The molecule has 8 nitrogen and oxygen atoms in total. The molecule has 4 rings (SSSR count). The van der Waals surface area contributed by atoms with Crippen molar-refractivity contribution >= 4 is 17.7 Å². The van der Waals surface area contributed by atoms with Gasteiger partial charge in [-0.05, 0) is 39.3 Å². The maximum absolute atomic E-state index is 12.3. The third-order valence-electron chi connectivity index (χ3n) is 5.43. The molecular formula is C20H28N4O4. The van der Waals surface area contributed by atoms with Crippen LogP contribution in [0.1, 0.15) is 37.7 Å². The van der Waals surface area contributed by atoms with Crippen molar-refractivity contribution in [1.82, 2.24) is 15.2 Å². The predicted octanol–water partition coefficient (Wildman–Crippen LogP) is 1.66. The van der Waals surface area contributed by atoms with E-state index in [-0.39, 0.29) is 24.1 Å².